The zero-order chi connectivity index (χ0) is 18.7. The summed E-state index contributed by atoms with van der Waals surface area (Å²) in [4.78, 5) is 55.0. The number of ether oxygens (including phenoxy) is 1. The van der Waals surface area contributed by atoms with Gasteiger partial charge in [-0.2, -0.15) is 0 Å². The first-order chi connectivity index (χ1) is 12.5. The van der Waals surface area contributed by atoms with Crippen LogP contribution in [-0.4, -0.2) is 33.9 Å². The molecule has 132 valence electrons. The average molecular weight is 354 g/mol. The molecule has 3 rings (SSSR count). The second-order valence-electron chi connectivity index (χ2n) is 5.40. The summed E-state index contributed by atoms with van der Waals surface area (Å²) in [5, 5.41) is 2.80. The predicted octanol–water partition coefficient (Wildman–Crippen LogP) is 0.328. The molecule has 2 heterocycles. The molecule has 0 unspecified atom stereocenters. The van der Waals surface area contributed by atoms with E-state index in [0.717, 1.165) is 5.56 Å². The van der Waals surface area contributed by atoms with E-state index in [-0.39, 0.29) is 23.1 Å². The van der Waals surface area contributed by atoms with E-state index in [1.807, 2.05) is 0 Å². The number of rotatable bonds is 4. The van der Waals surface area contributed by atoms with Crippen molar-refractivity contribution in [3.05, 3.63) is 74.1 Å². The Bertz CT molecular complexity index is 1100. The molecule has 3 N–H and O–H groups in total. The molecular formula is C17H14N4O5. The molecule has 9 nitrogen and oxygen atoms in total. The molecular weight excluding hydrogens is 340 g/mol. The summed E-state index contributed by atoms with van der Waals surface area (Å²) < 4.78 is 4.62. The smallest absolute Gasteiger partial charge is 0.337 e. The lowest BCUT2D eigenvalue weighted by Gasteiger charge is -2.06. The molecule has 0 aliphatic rings. The van der Waals surface area contributed by atoms with Gasteiger partial charge in [-0.05, 0) is 23.8 Å². The number of nitrogens with zero attached hydrogens (tertiary/aromatic N) is 1. The minimum absolute atomic E-state index is 0.105. The SMILES string of the molecule is COC(=O)c1ccc(CNC(=O)c2cnc3[nH]c(=O)[nH]c(=O)c3c2)cc1. The predicted molar refractivity (Wildman–Crippen MR) is 91.9 cm³/mol. The van der Waals surface area contributed by atoms with Crippen LogP contribution in [0.5, 0.6) is 0 Å². The van der Waals surface area contributed by atoms with Crippen molar-refractivity contribution in [2.45, 2.75) is 6.54 Å². The van der Waals surface area contributed by atoms with Crippen molar-refractivity contribution in [2.75, 3.05) is 7.11 Å². The van der Waals surface area contributed by atoms with Gasteiger partial charge >= 0.3 is 11.7 Å². The zero-order valence-electron chi connectivity index (χ0n) is 13.7. The Balaban J connectivity index is 1.74. The summed E-state index contributed by atoms with van der Waals surface area (Å²) in [5.74, 6) is -0.867. The minimum Gasteiger partial charge on any atom is -0.465 e. The maximum Gasteiger partial charge on any atom is 0.337 e. The summed E-state index contributed by atoms with van der Waals surface area (Å²) in [5.41, 5.74) is 0.193. The maximum absolute atomic E-state index is 12.3. The number of pyridine rings is 1. The van der Waals surface area contributed by atoms with Crippen LogP contribution in [0.15, 0.2) is 46.1 Å². The van der Waals surface area contributed by atoms with E-state index >= 15 is 0 Å². The number of H-pyrrole nitrogens is 2. The molecule has 0 saturated heterocycles. The number of aromatic amines is 2. The van der Waals surface area contributed by atoms with E-state index in [2.05, 4.69) is 25.0 Å². The fourth-order valence-corrected chi connectivity index (χ4v) is 2.33. The van der Waals surface area contributed by atoms with Gasteiger partial charge in [-0.3, -0.25) is 19.6 Å². The topological polar surface area (TPSA) is 134 Å². The Morgan fingerprint density at radius 3 is 2.54 bits per heavy atom. The van der Waals surface area contributed by atoms with Crippen LogP contribution in [0.2, 0.25) is 0 Å². The summed E-state index contributed by atoms with van der Waals surface area (Å²) in [6.07, 6.45) is 1.27. The number of aromatic nitrogens is 3. The van der Waals surface area contributed by atoms with Crippen LogP contribution in [0.25, 0.3) is 11.0 Å². The van der Waals surface area contributed by atoms with Gasteiger partial charge in [-0.15, -0.1) is 0 Å². The van der Waals surface area contributed by atoms with Crippen LogP contribution in [0, 0.1) is 0 Å². The molecule has 0 aliphatic heterocycles. The summed E-state index contributed by atoms with van der Waals surface area (Å²) in [7, 11) is 1.30. The van der Waals surface area contributed by atoms with Gasteiger partial charge < -0.3 is 10.1 Å². The number of carbonyl (C=O) groups is 2. The van der Waals surface area contributed by atoms with Crippen molar-refractivity contribution >= 4 is 22.9 Å². The lowest BCUT2D eigenvalue weighted by atomic mass is 10.1. The van der Waals surface area contributed by atoms with Gasteiger partial charge in [0.15, 0.2) is 0 Å². The number of hydrogen-bond donors (Lipinski definition) is 3. The van der Waals surface area contributed by atoms with Crippen molar-refractivity contribution in [1.82, 2.24) is 20.3 Å². The molecule has 0 atom stereocenters. The number of methoxy groups -OCH3 is 1. The van der Waals surface area contributed by atoms with E-state index in [4.69, 9.17) is 0 Å². The van der Waals surface area contributed by atoms with Crippen molar-refractivity contribution < 1.29 is 14.3 Å². The number of carbonyl (C=O) groups excluding carboxylic acids is 2. The minimum atomic E-state index is -0.664. The van der Waals surface area contributed by atoms with Gasteiger partial charge in [-0.25, -0.2) is 14.6 Å². The molecule has 26 heavy (non-hydrogen) atoms. The molecule has 0 radical (unpaired) electrons. The molecule has 0 bridgehead atoms. The van der Waals surface area contributed by atoms with Crippen LogP contribution >= 0.6 is 0 Å². The largest absolute Gasteiger partial charge is 0.465 e. The molecule has 1 amide bonds. The second kappa shape index (κ2) is 7.01. The third-order valence-electron chi connectivity index (χ3n) is 3.68. The van der Waals surface area contributed by atoms with Crippen LogP contribution in [0.3, 0.4) is 0 Å². The Kier molecular flexibility index (Phi) is 4.61. The van der Waals surface area contributed by atoms with Crippen molar-refractivity contribution in [3.63, 3.8) is 0 Å². The Hall–Kier alpha value is -3.75. The summed E-state index contributed by atoms with van der Waals surface area (Å²) in [6.45, 7) is 0.223. The second-order valence-corrected chi connectivity index (χ2v) is 5.40. The first kappa shape index (κ1) is 17.1. The summed E-state index contributed by atoms with van der Waals surface area (Å²) in [6, 6.07) is 7.94. The van der Waals surface area contributed by atoms with E-state index in [0.29, 0.717) is 5.56 Å². The van der Waals surface area contributed by atoms with E-state index in [1.54, 1.807) is 24.3 Å². The molecule has 0 aliphatic carbocycles. The fourth-order valence-electron chi connectivity index (χ4n) is 2.33. The molecule has 0 spiro atoms. The van der Waals surface area contributed by atoms with E-state index in [9.17, 15) is 19.2 Å². The van der Waals surface area contributed by atoms with Crippen LogP contribution in [0.1, 0.15) is 26.3 Å². The van der Waals surface area contributed by atoms with Crippen molar-refractivity contribution in [3.8, 4) is 0 Å². The highest BCUT2D eigenvalue weighted by Gasteiger charge is 2.10. The standard InChI is InChI=1S/C17H14N4O5/c1-26-16(24)10-4-2-9(3-5-10)7-19-14(22)11-6-12-13(18-8-11)20-17(25)21-15(12)23/h2-6,8H,7H2,1H3,(H,19,22)(H2,18,20,21,23,25). The van der Waals surface area contributed by atoms with Gasteiger partial charge in [0.2, 0.25) is 0 Å². The Labute approximate surface area is 146 Å². The number of fused-ring (bicyclic) bond motifs is 1. The third-order valence-corrected chi connectivity index (χ3v) is 3.68. The first-order valence-corrected chi connectivity index (χ1v) is 7.56. The normalized spacial score (nSPS) is 10.5. The van der Waals surface area contributed by atoms with Crippen LogP contribution in [-0.2, 0) is 11.3 Å². The summed E-state index contributed by atoms with van der Waals surface area (Å²) >= 11 is 0. The molecule has 3 aromatic rings. The molecule has 0 fully saturated rings. The molecule has 0 saturated carbocycles. The van der Waals surface area contributed by atoms with Gasteiger partial charge in [0.1, 0.15) is 5.65 Å². The number of benzene rings is 1. The quantitative estimate of drug-likeness (QED) is 0.578. The highest BCUT2D eigenvalue weighted by Crippen LogP contribution is 2.08. The highest BCUT2D eigenvalue weighted by atomic mass is 16.5. The molecule has 2 aromatic heterocycles. The van der Waals surface area contributed by atoms with Crippen molar-refractivity contribution in [2.24, 2.45) is 0 Å². The van der Waals surface area contributed by atoms with Gasteiger partial charge in [0, 0.05) is 12.7 Å². The zero-order valence-corrected chi connectivity index (χ0v) is 13.7. The van der Waals surface area contributed by atoms with E-state index < -0.39 is 23.1 Å². The lowest BCUT2D eigenvalue weighted by Crippen LogP contribution is -2.25. The molecule has 9 heteroatoms. The molecule has 1 aromatic carbocycles. The third kappa shape index (κ3) is 3.51. The number of esters is 1. The van der Waals surface area contributed by atoms with Crippen LogP contribution < -0.4 is 16.6 Å². The van der Waals surface area contributed by atoms with Crippen LogP contribution in [0.4, 0.5) is 0 Å². The number of nitrogens with one attached hydrogen (secondary N) is 3. The lowest BCUT2D eigenvalue weighted by molar-refractivity contribution is 0.0600. The van der Waals surface area contributed by atoms with Gasteiger partial charge in [0.05, 0.1) is 23.6 Å². The number of amides is 1. The van der Waals surface area contributed by atoms with Gasteiger partial charge in [0.25, 0.3) is 11.5 Å². The maximum atomic E-state index is 12.3. The Morgan fingerprint density at radius 2 is 1.85 bits per heavy atom. The first-order valence-electron chi connectivity index (χ1n) is 7.56. The Morgan fingerprint density at radius 1 is 1.12 bits per heavy atom. The fraction of sp³-hybridized carbons (Fsp3) is 0.118. The van der Waals surface area contributed by atoms with E-state index in [1.165, 1.54) is 19.4 Å². The average Bonchev–Trinajstić information content (AvgIpc) is 2.65. The van der Waals surface area contributed by atoms with Crippen molar-refractivity contribution in [1.29, 1.82) is 0 Å². The van der Waals surface area contributed by atoms with Gasteiger partial charge in [-0.1, -0.05) is 12.1 Å². The highest BCUT2D eigenvalue weighted by molar-refractivity contribution is 5.96. The monoisotopic (exact) mass is 354 g/mol. The number of hydrogen-bond acceptors (Lipinski definition) is 6.